The lowest BCUT2D eigenvalue weighted by atomic mass is 10.2. The molecule has 1 heterocycles. The second kappa shape index (κ2) is 6.25. The molecule has 0 saturated carbocycles. The van der Waals surface area contributed by atoms with Gasteiger partial charge in [-0.2, -0.15) is 5.48 Å². The van der Waals surface area contributed by atoms with E-state index in [1.54, 1.807) is 5.38 Å². The number of nitrogens with zero attached hydrogens (tertiary/aromatic N) is 1. The molecular weight excluding hydrogens is 252 g/mol. The van der Waals surface area contributed by atoms with Crippen LogP contribution in [-0.4, -0.2) is 16.1 Å². The molecule has 2 rings (SSSR count). The van der Waals surface area contributed by atoms with Gasteiger partial charge in [0.1, 0.15) is 0 Å². The summed E-state index contributed by atoms with van der Waals surface area (Å²) in [5, 5.41) is 10.5. The predicted octanol–water partition coefficient (Wildman–Crippen LogP) is 2.06. The number of hydroxylamine groups is 1. The summed E-state index contributed by atoms with van der Waals surface area (Å²) in [6, 6.07) is 9.76. The fourth-order valence-corrected chi connectivity index (χ4v) is 1.97. The number of benzene rings is 1. The third-order valence-corrected chi connectivity index (χ3v) is 3.05. The van der Waals surface area contributed by atoms with Crippen molar-refractivity contribution < 1.29 is 14.7 Å². The largest absolute Gasteiger partial charge is 0.476 e. The number of thiazole rings is 1. The topological polar surface area (TPSA) is 71.5 Å². The van der Waals surface area contributed by atoms with Crippen molar-refractivity contribution >= 4 is 17.3 Å². The lowest BCUT2D eigenvalue weighted by Crippen LogP contribution is -2.14. The number of carboxylic acid groups (broad SMARTS) is 1. The minimum atomic E-state index is -1.00. The van der Waals surface area contributed by atoms with E-state index in [1.165, 1.54) is 0 Å². The van der Waals surface area contributed by atoms with E-state index in [-0.39, 0.29) is 5.01 Å². The molecule has 0 aliphatic rings. The molecule has 0 unspecified atom stereocenters. The zero-order valence-electron chi connectivity index (χ0n) is 9.50. The van der Waals surface area contributed by atoms with Crippen molar-refractivity contribution in [3.05, 3.63) is 52.0 Å². The number of hydrogen-bond donors (Lipinski definition) is 2. The monoisotopic (exact) mass is 264 g/mol. The van der Waals surface area contributed by atoms with E-state index in [9.17, 15) is 4.79 Å². The molecule has 0 bridgehead atoms. The van der Waals surface area contributed by atoms with Gasteiger partial charge in [-0.3, -0.25) is 4.84 Å². The Bertz CT molecular complexity index is 513. The maximum atomic E-state index is 10.6. The van der Waals surface area contributed by atoms with Crippen LogP contribution in [0.1, 0.15) is 21.1 Å². The van der Waals surface area contributed by atoms with Gasteiger partial charge in [-0.1, -0.05) is 30.3 Å². The zero-order chi connectivity index (χ0) is 12.8. The normalized spacial score (nSPS) is 10.4. The smallest absolute Gasteiger partial charge is 0.365 e. The summed E-state index contributed by atoms with van der Waals surface area (Å²) in [4.78, 5) is 19.8. The molecule has 1 aromatic heterocycles. The summed E-state index contributed by atoms with van der Waals surface area (Å²) in [5.41, 5.74) is 4.48. The molecule has 0 atom stereocenters. The molecule has 2 aromatic rings. The van der Waals surface area contributed by atoms with E-state index in [4.69, 9.17) is 9.94 Å². The Balaban J connectivity index is 1.73. The van der Waals surface area contributed by atoms with Crippen LogP contribution >= 0.6 is 11.3 Å². The number of carbonyl (C=O) groups is 1. The summed E-state index contributed by atoms with van der Waals surface area (Å²) >= 11 is 1.11. The van der Waals surface area contributed by atoms with Crippen molar-refractivity contribution in [2.75, 3.05) is 0 Å². The molecule has 5 nitrogen and oxygen atoms in total. The van der Waals surface area contributed by atoms with Crippen LogP contribution in [0.4, 0.5) is 0 Å². The molecule has 1 aromatic carbocycles. The lowest BCUT2D eigenvalue weighted by molar-refractivity contribution is 0.0229. The van der Waals surface area contributed by atoms with E-state index in [1.807, 2.05) is 30.3 Å². The second-order valence-corrected chi connectivity index (χ2v) is 4.40. The highest BCUT2D eigenvalue weighted by Crippen LogP contribution is 2.09. The quantitative estimate of drug-likeness (QED) is 0.617. The Morgan fingerprint density at radius 2 is 2.17 bits per heavy atom. The Morgan fingerprint density at radius 3 is 2.83 bits per heavy atom. The Morgan fingerprint density at radius 1 is 1.39 bits per heavy atom. The van der Waals surface area contributed by atoms with Gasteiger partial charge >= 0.3 is 5.97 Å². The molecule has 0 spiro atoms. The van der Waals surface area contributed by atoms with Crippen molar-refractivity contribution in [3.8, 4) is 0 Å². The van der Waals surface area contributed by atoms with Gasteiger partial charge in [-0.25, -0.2) is 9.78 Å². The number of hydrogen-bond acceptors (Lipinski definition) is 5. The van der Waals surface area contributed by atoms with E-state index in [0.29, 0.717) is 18.8 Å². The summed E-state index contributed by atoms with van der Waals surface area (Å²) < 4.78 is 0. The third kappa shape index (κ3) is 3.63. The molecule has 18 heavy (non-hydrogen) atoms. The molecule has 6 heteroatoms. The number of aromatic nitrogens is 1. The SMILES string of the molecule is O=C(O)c1nc(CNOCc2ccccc2)cs1. The highest BCUT2D eigenvalue weighted by Gasteiger charge is 2.08. The van der Waals surface area contributed by atoms with Crippen LogP contribution in [0.2, 0.25) is 0 Å². The minimum absolute atomic E-state index is 0.0925. The standard InChI is InChI=1S/C12H12N2O3S/c15-12(16)11-14-10(8-18-11)6-13-17-7-9-4-2-1-3-5-9/h1-5,8,13H,6-7H2,(H,15,16). The fourth-order valence-electron chi connectivity index (χ4n) is 1.32. The third-order valence-electron chi connectivity index (χ3n) is 2.17. The van der Waals surface area contributed by atoms with Gasteiger partial charge in [-0.15, -0.1) is 11.3 Å². The Kier molecular flexibility index (Phi) is 4.40. The van der Waals surface area contributed by atoms with Crippen LogP contribution in [0.5, 0.6) is 0 Å². The number of nitrogens with one attached hydrogen (secondary N) is 1. The van der Waals surface area contributed by atoms with Crippen molar-refractivity contribution in [1.82, 2.24) is 10.5 Å². The summed E-state index contributed by atoms with van der Waals surface area (Å²) in [7, 11) is 0. The first-order valence-corrected chi connectivity index (χ1v) is 6.20. The molecule has 0 radical (unpaired) electrons. The van der Waals surface area contributed by atoms with Gasteiger partial charge in [0.25, 0.3) is 0 Å². The van der Waals surface area contributed by atoms with Crippen molar-refractivity contribution in [3.63, 3.8) is 0 Å². The van der Waals surface area contributed by atoms with E-state index < -0.39 is 5.97 Å². The van der Waals surface area contributed by atoms with Crippen LogP contribution < -0.4 is 5.48 Å². The van der Waals surface area contributed by atoms with Gasteiger partial charge in [0.15, 0.2) is 0 Å². The van der Waals surface area contributed by atoms with Gasteiger partial charge in [0, 0.05) is 5.38 Å². The van der Waals surface area contributed by atoms with Crippen molar-refractivity contribution in [2.24, 2.45) is 0 Å². The van der Waals surface area contributed by atoms with Crippen LogP contribution in [0, 0.1) is 0 Å². The first kappa shape index (κ1) is 12.7. The summed E-state index contributed by atoms with van der Waals surface area (Å²) in [5.74, 6) is -1.00. The number of rotatable bonds is 6. The summed E-state index contributed by atoms with van der Waals surface area (Å²) in [6.45, 7) is 0.841. The fraction of sp³-hybridized carbons (Fsp3) is 0.167. The first-order valence-electron chi connectivity index (χ1n) is 5.32. The molecule has 0 aliphatic carbocycles. The van der Waals surface area contributed by atoms with Crippen LogP contribution in [0.3, 0.4) is 0 Å². The maximum Gasteiger partial charge on any atom is 0.365 e. The molecule has 0 fully saturated rings. The molecule has 94 valence electrons. The van der Waals surface area contributed by atoms with Gasteiger partial charge in [0.2, 0.25) is 5.01 Å². The number of aromatic carboxylic acids is 1. The molecular formula is C12H12N2O3S. The van der Waals surface area contributed by atoms with Crippen LogP contribution in [-0.2, 0) is 18.0 Å². The van der Waals surface area contributed by atoms with Crippen molar-refractivity contribution in [1.29, 1.82) is 0 Å². The average molecular weight is 264 g/mol. The van der Waals surface area contributed by atoms with E-state index in [2.05, 4.69) is 10.5 Å². The maximum absolute atomic E-state index is 10.6. The molecule has 2 N–H and O–H groups in total. The van der Waals surface area contributed by atoms with Crippen LogP contribution in [0.15, 0.2) is 35.7 Å². The predicted molar refractivity (Wildman–Crippen MR) is 67.1 cm³/mol. The number of carboxylic acids is 1. The van der Waals surface area contributed by atoms with Gasteiger partial charge in [-0.05, 0) is 5.56 Å². The van der Waals surface area contributed by atoms with Crippen molar-refractivity contribution in [2.45, 2.75) is 13.2 Å². The lowest BCUT2D eigenvalue weighted by Gasteiger charge is -2.03. The molecule has 0 saturated heterocycles. The summed E-state index contributed by atoms with van der Waals surface area (Å²) in [6.07, 6.45) is 0. The average Bonchev–Trinajstić information content (AvgIpc) is 2.85. The highest BCUT2D eigenvalue weighted by molar-refractivity contribution is 7.11. The van der Waals surface area contributed by atoms with E-state index >= 15 is 0 Å². The molecule has 0 amide bonds. The highest BCUT2D eigenvalue weighted by atomic mass is 32.1. The molecule has 0 aliphatic heterocycles. The Labute approximate surface area is 108 Å². The second-order valence-electron chi connectivity index (χ2n) is 3.54. The first-order chi connectivity index (χ1) is 8.75. The Hall–Kier alpha value is -1.76. The minimum Gasteiger partial charge on any atom is -0.476 e. The zero-order valence-corrected chi connectivity index (χ0v) is 10.3. The van der Waals surface area contributed by atoms with Gasteiger partial charge < -0.3 is 5.11 Å². The van der Waals surface area contributed by atoms with E-state index in [0.717, 1.165) is 16.9 Å². The van der Waals surface area contributed by atoms with Gasteiger partial charge in [0.05, 0.1) is 18.8 Å². The van der Waals surface area contributed by atoms with Crippen LogP contribution in [0.25, 0.3) is 0 Å².